The Morgan fingerprint density at radius 2 is 1.52 bits per heavy atom. The second-order valence-electron chi connectivity index (χ2n) is 4.99. The third kappa shape index (κ3) is 5.05. The largest absolute Gasteiger partial charge is 0.399 e. The third-order valence-electron chi connectivity index (χ3n) is 3.37. The predicted octanol–water partition coefficient (Wildman–Crippen LogP) is 3.81. The van der Waals surface area contributed by atoms with Crippen LogP contribution in [-0.4, -0.2) is 30.8 Å². The van der Waals surface area contributed by atoms with Gasteiger partial charge < -0.3 is 16.0 Å². The molecule has 2 aromatic rings. The van der Waals surface area contributed by atoms with Crippen LogP contribution in [0.1, 0.15) is 10.4 Å². The number of hydrogen-bond acceptors (Lipinski definition) is 3. The Hall–Kier alpha value is -1.91. The van der Waals surface area contributed by atoms with Crippen molar-refractivity contribution in [2.45, 2.75) is 0 Å². The van der Waals surface area contributed by atoms with Crippen LogP contribution in [-0.2, 0) is 0 Å². The summed E-state index contributed by atoms with van der Waals surface area (Å²) in [4.78, 5) is 14.3. The molecule has 0 aliphatic carbocycles. The summed E-state index contributed by atoms with van der Waals surface area (Å²) in [6.07, 6.45) is 0. The van der Waals surface area contributed by atoms with E-state index in [-0.39, 0.29) is 5.91 Å². The van der Waals surface area contributed by atoms with Crippen molar-refractivity contribution in [1.82, 2.24) is 0 Å². The van der Waals surface area contributed by atoms with Crippen LogP contribution in [0, 0.1) is 0 Å². The van der Waals surface area contributed by atoms with E-state index in [0.29, 0.717) is 23.0 Å². The van der Waals surface area contributed by atoms with Crippen molar-refractivity contribution in [2.24, 2.45) is 0 Å². The van der Waals surface area contributed by atoms with E-state index in [1.165, 1.54) is 0 Å². The maximum absolute atomic E-state index is 12.2. The lowest BCUT2D eigenvalue weighted by atomic mass is 10.2. The molecular weight excluding hydrogens is 333 g/mol. The lowest BCUT2D eigenvalue weighted by molar-refractivity contribution is 0.102. The van der Waals surface area contributed by atoms with Gasteiger partial charge in [0, 0.05) is 47.5 Å². The minimum atomic E-state index is -0.170. The third-order valence-corrected chi connectivity index (χ3v) is 3.71. The summed E-state index contributed by atoms with van der Waals surface area (Å²) in [6, 6.07) is 14.4. The van der Waals surface area contributed by atoms with E-state index in [1.807, 2.05) is 24.3 Å². The predicted molar refractivity (Wildman–Crippen MR) is 98.9 cm³/mol. The Labute approximate surface area is 146 Å². The van der Waals surface area contributed by atoms with Gasteiger partial charge in [-0.05, 0) is 48.5 Å². The summed E-state index contributed by atoms with van der Waals surface area (Å²) in [6.45, 7) is 1.46. The number of nitrogens with two attached hydrogens (primary N) is 1. The first kappa shape index (κ1) is 17.4. The van der Waals surface area contributed by atoms with E-state index in [1.54, 1.807) is 24.3 Å². The van der Waals surface area contributed by atoms with Gasteiger partial charge in [-0.25, -0.2) is 0 Å². The quantitative estimate of drug-likeness (QED) is 0.589. The molecule has 0 aromatic heterocycles. The van der Waals surface area contributed by atoms with Crippen molar-refractivity contribution >= 4 is 46.2 Å². The van der Waals surface area contributed by atoms with Gasteiger partial charge in [0.15, 0.2) is 0 Å². The van der Waals surface area contributed by atoms with E-state index in [4.69, 9.17) is 28.9 Å². The molecule has 2 aromatic carbocycles. The summed E-state index contributed by atoms with van der Waals surface area (Å²) in [5.74, 6) is 0.898. The molecule has 0 aliphatic heterocycles. The molecule has 0 fully saturated rings. The first-order valence-corrected chi connectivity index (χ1v) is 8.35. The first-order valence-electron chi connectivity index (χ1n) is 7.28. The van der Waals surface area contributed by atoms with Gasteiger partial charge in [-0.15, -0.1) is 23.2 Å². The topological polar surface area (TPSA) is 58.4 Å². The summed E-state index contributed by atoms with van der Waals surface area (Å²) in [7, 11) is 0. The zero-order valence-electron chi connectivity index (χ0n) is 12.6. The smallest absolute Gasteiger partial charge is 0.255 e. The highest BCUT2D eigenvalue weighted by atomic mass is 35.5. The first-order chi connectivity index (χ1) is 11.1. The van der Waals surface area contributed by atoms with Gasteiger partial charge in [0.25, 0.3) is 5.91 Å². The van der Waals surface area contributed by atoms with Crippen molar-refractivity contribution in [3.8, 4) is 0 Å². The molecule has 2 rings (SSSR count). The Morgan fingerprint density at radius 3 is 2.04 bits per heavy atom. The van der Waals surface area contributed by atoms with Crippen LogP contribution >= 0.6 is 23.2 Å². The van der Waals surface area contributed by atoms with Crippen molar-refractivity contribution in [3.63, 3.8) is 0 Å². The van der Waals surface area contributed by atoms with Crippen LogP contribution in [0.25, 0.3) is 0 Å². The summed E-state index contributed by atoms with van der Waals surface area (Å²) in [5.41, 5.74) is 8.57. The summed E-state index contributed by atoms with van der Waals surface area (Å²) < 4.78 is 0. The molecule has 0 saturated heterocycles. The minimum Gasteiger partial charge on any atom is -0.399 e. The molecule has 6 heteroatoms. The number of alkyl halides is 2. The maximum Gasteiger partial charge on any atom is 0.255 e. The molecule has 0 saturated carbocycles. The average Bonchev–Trinajstić information content (AvgIpc) is 2.56. The minimum absolute atomic E-state index is 0.170. The van der Waals surface area contributed by atoms with Crippen molar-refractivity contribution in [3.05, 3.63) is 54.1 Å². The summed E-state index contributed by atoms with van der Waals surface area (Å²) in [5, 5.41) is 2.86. The van der Waals surface area contributed by atoms with Crippen LogP contribution < -0.4 is 16.0 Å². The van der Waals surface area contributed by atoms with Gasteiger partial charge in [-0.1, -0.05) is 0 Å². The number of benzene rings is 2. The molecule has 0 radical (unpaired) electrons. The van der Waals surface area contributed by atoms with E-state index < -0.39 is 0 Å². The van der Waals surface area contributed by atoms with Crippen LogP contribution in [0.2, 0.25) is 0 Å². The highest BCUT2D eigenvalue weighted by Gasteiger charge is 2.08. The molecule has 0 heterocycles. The van der Waals surface area contributed by atoms with Gasteiger partial charge in [0.1, 0.15) is 0 Å². The van der Waals surface area contributed by atoms with Crippen molar-refractivity contribution < 1.29 is 4.79 Å². The molecular formula is C17H19Cl2N3O. The summed E-state index contributed by atoms with van der Waals surface area (Å²) >= 11 is 11.6. The fraction of sp³-hybridized carbons (Fsp3) is 0.235. The molecule has 0 bridgehead atoms. The maximum atomic E-state index is 12.2. The van der Waals surface area contributed by atoms with Gasteiger partial charge >= 0.3 is 0 Å². The van der Waals surface area contributed by atoms with Crippen molar-refractivity contribution in [1.29, 1.82) is 0 Å². The molecule has 122 valence electrons. The number of carbonyl (C=O) groups is 1. The molecule has 0 unspecified atom stereocenters. The Morgan fingerprint density at radius 1 is 0.957 bits per heavy atom. The normalized spacial score (nSPS) is 10.3. The average molecular weight is 352 g/mol. The lowest BCUT2D eigenvalue weighted by Crippen LogP contribution is -2.27. The lowest BCUT2D eigenvalue weighted by Gasteiger charge is -2.23. The SMILES string of the molecule is Nc1ccc(C(=O)Nc2ccc(N(CCCl)CCCl)cc2)cc1. The second kappa shape index (κ2) is 8.65. The number of amides is 1. The van der Waals surface area contributed by atoms with Crippen LogP contribution in [0.4, 0.5) is 17.1 Å². The van der Waals surface area contributed by atoms with Gasteiger partial charge in [0.2, 0.25) is 0 Å². The molecule has 1 amide bonds. The highest BCUT2D eigenvalue weighted by Crippen LogP contribution is 2.19. The number of carbonyl (C=O) groups excluding carboxylic acids is 1. The molecule has 23 heavy (non-hydrogen) atoms. The van der Waals surface area contributed by atoms with Gasteiger partial charge in [-0.2, -0.15) is 0 Å². The van der Waals surface area contributed by atoms with Gasteiger partial charge in [-0.3, -0.25) is 4.79 Å². The van der Waals surface area contributed by atoms with Crippen LogP contribution in [0.15, 0.2) is 48.5 Å². The van der Waals surface area contributed by atoms with Gasteiger partial charge in [0.05, 0.1) is 0 Å². The fourth-order valence-corrected chi connectivity index (χ4v) is 2.58. The van der Waals surface area contributed by atoms with E-state index in [9.17, 15) is 4.79 Å². The number of rotatable bonds is 7. The number of hydrogen-bond donors (Lipinski definition) is 2. The number of anilines is 3. The highest BCUT2D eigenvalue weighted by molar-refractivity contribution is 6.18. The molecule has 3 N–H and O–H groups in total. The molecule has 4 nitrogen and oxygen atoms in total. The number of halogens is 2. The van der Waals surface area contributed by atoms with Crippen molar-refractivity contribution in [2.75, 3.05) is 40.8 Å². The fourth-order valence-electron chi connectivity index (χ4n) is 2.17. The second-order valence-corrected chi connectivity index (χ2v) is 5.74. The van der Waals surface area contributed by atoms with Crippen LogP contribution in [0.3, 0.4) is 0 Å². The monoisotopic (exact) mass is 351 g/mol. The molecule has 0 aliphatic rings. The van der Waals surface area contributed by atoms with Crippen LogP contribution in [0.5, 0.6) is 0 Å². The zero-order chi connectivity index (χ0) is 16.7. The molecule has 0 spiro atoms. The Balaban J connectivity index is 2.04. The van der Waals surface area contributed by atoms with E-state index >= 15 is 0 Å². The Bertz CT molecular complexity index is 623. The van der Waals surface area contributed by atoms with E-state index in [0.717, 1.165) is 24.5 Å². The number of nitrogens with zero attached hydrogens (tertiary/aromatic N) is 1. The molecule has 0 atom stereocenters. The number of nitrogen functional groups attached to an aromatic ring is 1. The number of nitrogens with one attached hydrogen (secondary N) is 1. The zero-order valence-corrected chi connectivity index (χ0v) is 14.1. The Kier molecular flexibility index (Phi) is 6.56. The standard InChI is InChI=1S/C17H19Cl2N3O/c18-9-11-22(12-10-19)16-7-5-15(6-8-16)21-17(23)13-1-3-14(20)4-2-13/h1-8H,9-12,20H2,(H,21,23). The van der Waals surface area contributed by atoms with E-state index in [2.05, 4.69) is 10.2 Å².